The van der Waals surface area contributed by atoms with Crippen molar-refractivity contribution < 1.29 is 13.2 Å². The van der Waals surface area contributed by atoms with Gasteiger partial charge in [-0.15, -0.1) is 0 Å². The minimum Gasteiger partial charge on any atom is -0.340 e. The summed E-state index contributed by atoms with van der Waals surface area (Å²) in [6, 6.07) is 19.6. The third kappa shape index (κ3) is 4.95. The molecular weight excluding hydrogens is 374 g/mol. The lowest BCUT2D eigenvalue weighted by molar-refractivity contribution is 0.0942. The predicted molar refractivity (Wildman–Crippen MR) is 110 cm³/mol. The van der Waals surface area contributed by atoms with E-state index in [4.69, 9.17) is 0 Å². The van der Waals surface area contributed by atoms with Crippen LogP contribution in [0, 0.1) is 6.92 Å². The molecule has 3 aromatic rings. The Bertz CT molecular complexity index is 1030. The number of hydrogen-bond donors (Lipinski definition) is 2. The Labute approximate surface area is 164 Å². The van der Waals surface area contributed by atoms with Gasteiger partial charge < -0.3 is 5.32 Å². The molecule has 2 N–H and O–H groups in total. The molecule has 0 spiro atoms. The summed E-state index contributed by atoms with van der Waals surface area (Å²) >= 11 is 0. The molecule has 0 fully saturated rings. The topological polar surface area (TPSA) is 88.2 Å². The van der Waals surface area contributed by atoms with E-state index in [9.17, 15) is 13.2 Å². The maximum Gasteiger partial charge on any atom is 0.252 e. The molecule has 1 aromatic heterocycles. The smallest absolute Gasteiger partial charge is 0.252 e. The van der Waals surface area contributed by atoms with Crippen LogP contribution in [0.1, 0.15) is 33.2 Å². The van der Waals surface area contributed by atoms with Crippen LogP contribution >= 0.6 is 0 Å². The summed E-state index contributed by atoms with van der Waals surface area (Å²) in [5.41, 5.74) is 3.07. The number of pyridine rings is 1. The molecule has 0 bridgehead atoms. The van der Waals surface area contributed by atoms with E-state index < -0.39 is 16.1 Å². The first-order valence-corrected chi connectivity index (χ1v) is 10.6. The molecule has 144 valence electrons. The van der Waals surface area contributed by atoms with Crippen LogP contribution in [0.3, 0.4) is 0 Å². The molecule has 7 heteroatoms. The van der Waals surface area contributed by atoms with E-state index in [2.05, 4.69) is 15.0 Å². The van der Waals surface area contributed by atoms with E-state index >= 15 is 0 Å². The van der Waals surface area contributed by atoms with Gasteiger partial charge in [-0.05, 0) is 42.3 Å². The molecule has 2 aromatic carbocycles. The Morgan fingerprint density at radius 1 is 1.00 bits per heavy atom. The second-order valence-corrected chi connectivity index (χ2v) is 8.22. The number of aromatic nitrogens is 1. The van der Waals surface area contributed by atoms with Crippen LogP contribution in [0.2, 0.25) is 0 Å². The number of benzene rings is 2. The number of anilines is 1. The molecule has 0 aliphatic carbocycles. The second-order valence-electron chi connectivity index (χ2n) is 6.48. The fraction of sp³-hybridized carbons (Fsp3) is 0.143. The van der Waals surface area contributed by atoms with Gasteiger partial charge in [0.2, 0.25) is 10.0 Å². The fourth-order valence-corrected chi connectivity index (χ4v) is 3.43. The van der Waals surface area contributed by atoms with Gasteiger partial charge in [0.15, 0.2) is 0 Å². The zero-order chi connectivity index (χ0) is 20.1. The number of nitrogens with one attached hydrogen (secondary N) is 2. The maximum atomic E-state index is 12.9. The van der Waals surface area contributed by atoms with Crippen molar-refractivity contribution >= 4 is 21.6 Å². The SMILES string of the molecule is Cc1ccc(C(=O)NC(c2ccccc2)c2ccccn2)cc1NS(C)(=O)=O. The van der Waals surface area contributed by atoms with Crippen LogP contribution in [0.4, 0.5) is 5.69 Å². The van der Waals surface area contributed by atoms with Crippen LogP contribution in [-0.2, 0) is 10.0 Å². The van der Waals surface area contributed by atoms with Crippen molar-refractivity contribution in [3.05, 3.63) is 95.3 Å². The zero-order valence-corrected chi connectivity index (χ0v) is 16.4. The Kier molecular flexibility index (Phi) is 5.75. The first-order chi connectivity index (χ1) is 13.3. The van der Waals surface area contributed by atoms with Gasteiger partial charge >= 0.3 is 0 Å². The highest BCUT2D eigenvalue weighted by atomic mass is 32.2. The number of nitrogens with zero attached hydrogens (tertiary/aromatic N) is 1. The van der Waals surface area contributed by atoms with E-state index in [1.54, 1.807) is 25.3 Å². The van der Waals surface area contributed by atoms with Crippen LogP contribution in [0.5, 0.6) is 0 Å². The lowest BCUT2D eigenvalue weighted by Crippen LogP contribution is -2.30. The molecule has 3 rings (SSSR count). The molecule has 28 heavy (non-hydrogen) atoms. The number of rotatable bonds is 6. The van der Waals surface area contributed by atoms with Crippen molar-refractivity contribution in [2.24, 2.45) is 0 Å². The highest BCUT2D eigenvalue weighted by Gasteiger charge is 2.19. The Hall–Kier alpha value is -3.19. The molecule has 1 unspecified atom stereocenters. The van der Waals surface area contributed by atoms with Crippen LogP contribution in [0.25, 0.3) is 0 Å². The number of hydrogen-bond acceptors (Lipinski definition) is 4. The fourth-order valence-electron chi connectivity index (χ4n) is 2.81. The second kappa shape index (κ2) is 8.22. The lowest BCUT2D eigenvalue weighted by atomic mass is 10.0. The van der Waals surface area contributed by atoms with E-state index in [0.29, 0.717) is 16.9 Å². The van der Waals surface area contributed by atoms with Gasteiger partial charge in [-0.2, -0.15) is 0 Å². The number of amides is 1. The van der Waals surface area contributed by atoms with Crippen molar-refractivity contribution in [3.8, 4) is 0 Å². The van der Waals surface area contributed by atoms with Gasteiger partial charge in [-0.25, -0.2) is 8.42 Å². The molecule has 1 atom stereocenters. The lowest BCUT2D eigenvalue weighted by Gasteiger charge is -2.19. The largest absolute Gasteiger partial charge is 0.340 e. The van der Waals surface area contributed by atoms with Gasteiger partial charge in [0.1, 0.15) is 0 Å². The van der Waals surface area contributed by atoms with Gasteiger partial charge in [-0.1, -0.05) is 42.5 Å². The highest BCUT2D eigenvalue weighted by Crippen LogP contribution is 2.22. The zero-order valence-electron chi connectivity index (χ0n) is 15.6. The normalized spacial score (nSPS) is 12.2. The summed E-state index contributed by atoms with van der Waals surface area (Å²) in [7, 11) is -3.44. The quantitative estimate of drug-likeness (QED) is 0.670. The Balaban J connectivity index is 1.92. The summed E-state index contributed by atoms with van der Waals surface area (Å²) in [5, 5.41) is 3.00. The molecular formula is C21H21N3O3S. The summed E-state index contributed by atoms with van der Waals surface area (Å²) in [6.45, 7) is 1.77. The van der Waals surface area contributed by atoms with Crippen molar-refractivity contribution in [1.29, 1.82) is 0 Å². The minimum absolute atomic E-state index is 0.323. The number of carbonyl (C=O) groups is 1. The Morgan fingerprint density at radius 3 is 2.36 bits per heavy atom. The maximum absolute atomic E-state index is 12.9. The molecule has 0 saturated carbocycles. The van der Waals surface area contributed by atoms with Gasteiger partial charge in [0.25, 0.3) is 5.91 Å². The van der Waals surface area contributed by atoms with Gasteiger partial charge in [-0.3, -0.25) is 14.5 Å². The van der Waals surface area contributed by atoms with Crippen LogP contribution < -0.4 is 10.0 Å². The average Bonchev–Trinajstić information content (AvgIpc) is 2.68. The molecule has 1 amide bonds. The first kappa shape index (κ1) is 19.6. The number of sulfonamides is 1. The third-order valence-electron chi connectivity index (χ3n) is 4.19. The molecule has 0 radical (unpaired) electrons. The highest BCUT2D eigenvalue weighted by molar-refractivity contribution is 7.92. The van der Waals surface area contributed by atoms with E-state index in [1.807, 2.05) is 48.5 Å². The molecule has 0 saturated heterocycles. The standard InChI is InChI=1S/C21H21N3O3S/c1-15-11-12-17(14-19(15)24-28(2,26)27)21(25)23-20(16-8-4-3-5-9-16)18-10-6-7-13-22-18/h3-14,20,24H,1-2H3,(H,23,25). The van der Waals surface area contributed by atoms with Gasteiger partial charge in [0, 0.05) is 11.8 Å². The average molecular weight is 395 g/mol. The van der Waals surface area contributed by atoms with E-state index in [-0.39, 0.29) is 5.91 Å². The van der Waals surface area contributed by atoms with Crippen LogP contribution in [-0.4, -0.2) is 25.6 Å². The Morgan fingerprint density at radius 2 is 1.71 bits per heavy atom. The van der Waals surface area contributed by atoms with Crippen molar-refractivity contribution in [3.63, 3.8) is 0 Å². The summed E-state index contributed by atoms with van der Waals surface area (Å²) < 4.78 is 25.6. The number of aryl methyl sites for hydroxylation is 1. The third-order valence-corrected chi connectivity index (χ3v) is 4.78. The first-order valence-electron chi connectivity index (χ1n) is 8.69. The van der Waals surface area contributed by atoms with Crippen molar-refractivity contribution in [2.75, 3.05) is 11.0 Å². The number of carbonyl (C=O) groups excluding carboxylic acids is 1. The summed E-state index contributed by atoms with van der Waals surface area (Å²) in [6.07, 6.45) is 2.75. The van der Waals surface area contributed by atoms with Crippen LogP contribution in [0.15, 0.2) is 72.9 Å². The van der Waals surface area contributed by atoms with Crippen molar-refractivity contribution in [1.82, 2.24) is 10.3 Å². The minimum atomic E-state index is -3.44. The van der Waals surface area contributed by atoms with E-state index in [1.165, 1.54) is 6.07 Å². The molecule has 6 nitrogen and oxygen atoms in total. The van der Waals surface area contributed by atoms with Crippen molar-refractivity contribution in [2.45, 2.75) is 13.0 Å². The molecule has 0 aliphatic rings. The van der Waals surface area contributed by atoms with Gasteiger partial charge in [0.05, 0.1) is 23.7 Å². The van der Waals surface area contributed by atoms with E-state index in [0.717, 1.165) is 17.4 Å². The predicted octanol–water partition coefficient (Wildman–Crippen LogP) is 3.28. The summed E-state index contributed by atoms with van der Waals surface area (Å²) in [5.74, 6) is -0.323. The molecule has 0 aliphatic heterocycles. The molecule has 1 heterocycles. The summed E-state index contributed by atoms with van der Waals surface area (Å²) in [4.78, 5) is 17.3. The monoisotopic (exact) mass is 395 g/mol.